The van der Waals surface area contributed by atoms with Crippen molar-refractivity contribution in [2.75, 3.05) is 13.2 Å². The molecule has 6 nitrogen and oxygen atoms in total. The molecule has 0 heterocycles. The fourth-order valence-electron chi connectivity index (χ4n) is 8.79. The minimum atomic E-state index is -0.803. The van der Waals surface area contributed by atoms with Gasteiger partial charge in [-0.1, -0.05) is 298 Å². The molecule has 0 aliphatic rings. The van der Waals surface area contributed by atoms with Crippen LogP contribution in [0.5, 0.6) is 0 Å². The Morgan fingerprint density at radius 3 is 0.822 bits per heavy atom. The zero-order valence-corrected chi connectivity index (χ0v) is 48.1. The third-order valence-electron chi connectivity index (χ3n) is 13.4. The van der Waals surface area contributed by atoms with Crippen molar-refractivity contribution in [3.8, 4) is 0 Å². The molecule has 0 bridgehead atoms. The van der Waals surface area contributed by atoms with E-state index >= 15 is 0 Å². The van der Waals surface area contributed by atoms with Crippen molar-refractivity contribution in [1.29, 1.82) is 0 Å². The molecule has 0 aliphatic heterocycles. The Balaban J connectivity index is 4.16. The predicted octanol–water partition coefficient (Wildman–Crippen LogP) is 21.1. The van der Waals surface area contributed by atoms with E-state index in [1.807, 2.05) is 0 Å². The second kappa shape index (κ2) is 61.1. The summed E-state index contributed by atoms with van der Waals surface area (Å²) in [4.78, 5) is 37.9. The van der Waals surface area contributed by atoms with Crippen LogP contribution in [0.25, 0.3) is 0 Å². The molecule has 0 aliphatic carbocycles. The van der Waals surface area contributed by atoms with Gasteiger partial charge in [0.15, 0.2) is 6.10 Å². The molecule has 0 rings (SSSR count). The van der Waals surface area contributed by atoms with Crippen LogP contribution in [0, 0.1) is 0 Å². The zero-order valence-electron chi connectivity index (χ0n) is 48.1. The number of rotatable bonds is 56. The number of ether oxygens (including phenoxy) is 3. The molecule has 0 aromatic rings. The van der Waals surface area contributed by atoms with Crippen LogP contribution in [0.3, 0.4) is 0 Å². The summed E-state index contributed by atoms with van der Waals surface area (Å²) >= 11 is 0. The molecule has 0 fully saturated rings. The fraction of sp³-hybridized carbons (Fsp3) is 0.746. The predicted molar refractivity (Wildman–Crippen MR) is 316 cm³/mol. The van der Waals surface area contributed by atoms with Crippen molar-refractivity contribution in [3.05, 3.63) is 85.1 Å². The maximum atomic E-state index is 12.8. The van der Waals surface area contributed by atoms with Gasteiger partial charge in [0.1, 0.15) is 13.2 Å². The fourth-order valence-corrected chi connectivity index (χ4v) is 8.79. The minimum absolute atomic E-state index is 0.0970. The Hall–Kier alpha value is -3.41. The van der Waals surface area contributed by atoms with Gasteiger partial charge in [-0.25, -0.2) is 0 Å². The average Bonchev–Trinajstić information content (AvgIpc) is 3.39. The molecule has 0 aromatic heterocycles. The number of hydrogen-bond acceptors (Lipinski definition) is 6. The molecular formula is C67H116O6. The molecule has 73 heavy (non-hydrogen) atoms. The number of carbonyl (C=O) groups is 3. The van der Waals surface area contributed by atoms with Crippen molar-refractivity contribution in [1.82, 2.24) is 0 Å². The number of esters is 3. The van der Waals surface area contributed by atoms with E-state index < -0.39 is 6.10 Å². The monoisotopic (exact) mass is 1020 g/mol. The molecule has 0 saturated heterocycles. The molecule has 0 saturated carbocycles. The van der Waals surface area contributed by atoms with Crippen LogP contribution in [-0.4, -0.2) is 37.2 Å². The standard InChI is InChI=1S/C67H116O6/c1-4-7-10-13-16-18-20-22-24-26-28-30-32-33-34-36-37-39-41-43-45-47-49-51-54-57-60-66(69)72-63-64(62-71-65(68)59-56-53-15-12-9-6-3)73-67(70)61-58-55-52-50-48-46-44-42-40-38-35-31-29-27-25-23-21-19-17-14-11-8-5-2/h8,11,17,19,23,25,29,31,38,40,44,46,50,52,64H,4-7,9-10,12-16,18,20-22,24,26-28,30,32-37,39,41-43,45,47-49,51,53-63H2,1-3H3/b11-8-,19-17-,25-23-,31-29-,40-38-,46-44-,52-50-. The largest absolute Gasteiger partial charge is 0.462 e. The van der Waals surface area contributed by atoms with Gasteiger partial charge in [0.05, 0.1) is 0 Å². The number of carbonyl (C=O) groups excluding carboxylic acids is 3. The summed E-state index contributed by atoms with van der Waals surface area (Å²) in [6, 6.07) is 0. The number of hydrogen-bond donors (Lipinski definition) is 0. The van der Waals surface area contributed by atoms with Crippen molar-refractivity contribution in [2.45, 2.75) is 309 Å². The van der Waals surface area contributed by atoms with Crippen LogP contribution in [0.1, 0.15) is 303 Å². The van der Waals surface area contributed by atoms with Gasteiger partial charge >= 0.3 is 17.9 Å². The second-order valence-corrected chi connectivity index (χ2v) is 20.6. The zero-order chi connectivity index (χ0) is 52.9. The molecular weight excluding hydrogens is 901 g/mol. The SMILES string of the molecule is CC/C=C\C/C=C\C/C=C\C/C=C\C/C=C\C/C=C\C/C=C\CCCC(=O)OC(COC(=O)CCCCCCCC)COC(=O)CCCCCCCCCCCCCCCCCCCCCCCCCCCC. The molecule has 0 spiro atoms. The first-order chi connectivity index (χ1) is 36.0. The highest BCUT2D eigenvalue weighted by atomic mass is 16.6. The summed E-state index contributed by atoms with van der Waals surface area (Å²) in [6.07, 6.45) is 80.7. The molecule has 0 aromatic carbocycles. The smallest absolute Gasteiger partial charge is 0.306 e. The van der Waals surface area contributed by atoms with Crippen LogP contribution in [0.15, 0.2) is 85.1 Å². The average molecular weight is 1020 g/mol. The van der Waals surface area contributed by atoms with Crippen molar-refractivity contribution in [2.24, 2.45) is 0 Å². The summed E-state index contributed by atoms with van der Waals surface area (Å²) in [7, 11) is 0. The molecule has 6 heteroatoms. The maximum absolute atomic E-state index is 12.8. The second-order valence-electron chi connectivity index (χ2n) is 20.6. The van der Waals surface area contributed by atoms with E-state index in [9.17, 15) is 14.4 Å². The van der Waals surface area contributed by atoms with Crippen molar-refractivity contribution in [3.63, 3.8) is 0 Å². The van der Waals surface area contributed by atoms with Gasteiger partial charge in [-0.05, 0) is 70.6 Å². The Morgan fingerprint density at radius 1 is 0.288 bits per heavy atom. The van der Waals surface area contributed by atoms with E-state index in [-0.39, 0.29) is 37.5 Å². The highest BCUT2D eigenvalue weighted by molar-refractivity contribution is 5.71. The highest BCUT2D eigenvalue weighted by Gasteiger charge is 2.19. The first-order valence-corrected chi connectivity index (χ1v) is 31.1. The Bertz CT molecular complexity index is 1400. The van der Waals surface area contributed by atoms with Gasteiger partial charge in [0, 0.05) is 19.3 Å². The van der Waals surface area contributed by atoms with E-state index in [0.29, 0.717) is 19.3 Å². The summed E-state index contributed by atoms with van der Waals surface area (Å²) in [5, 5.41) is 0. The number of unbranched alkanes of at least 4 members (excludes halogenated alkanes) is 31. The number of allylic oxidation sites excluding steroid dienone is 14. The summed E-state index contributed by atoms with van der Waals surface area (Å²) in [6.45, 7) is 6.45. The lowest BCUT2D eigenvalue weighted by atomic mass is 10.0. The molecule has 0 radical (unpaired) electrons. The topological polar surface area (TPSA) is 78.9 Å². The van der Waals surface area contributed by atoms with E-state index in [1.54, 1.807) is 0 Å². The molecule has 420 valence electrons. The lowest BCUT2D eigenvalue weighted by Crippen LogP contribution is -2.30. The summed E-state index contributed by atoms with van der Waals surface area (Å²) in [5.41, 5.74) is 0. The van der Waals surface area contributed by atoms with Crippen molar-refractivity contribution >= 4 is 17.9 Å². The van der Waals surface area contributed by atoms with Crippen LogP contribution in [0.4, 0.5) is 0 Å². The molecule has 0 N–H and O–H groups in total. The van der Waals surface area contributed by atoms with E-state index in [2.05, 4.69) is 106 Å². The van der Waals surface area contributed by atoms with Gasteiger partial charge in [-0.15, -0.1) is 0 Å². The first-order valence-electron chi connectivity index (χ1n) is 31.1. The third-order valence-corrected chi connectivity index (χ3v) is 13.4. The van der Waals surface area contributed by atoms with Gasteiger partial charge in [0.2, 0.25) is 0 Å². The van der Waals surface area contributed by atoms with Crippen molar-refractivity contribution < 1.29 is 28.6 Å². The van der Waals surface area contributed by atoms with Crippen LogP contribution in [0.2, 0.25) is 0 Å². The lowest BCUT2D eigenvalue weighted by molar-refractivity contribution is -0.167. The van der Waals surface area contributed by atoms with Crippen LogP contribution >= 0.6 is 0 Å². The lowest BCUT2D eigenvalue weighted by Gasteiger charge is -2.18. The highest BCUT2D eigenvalue weighted by Crippen LogP contribution is 2.17. The van der Waals surface area contributed by atoms with Gasteiger partial charge in [-0.3, -0.25) is 14.4 Å². The maximum Gasteiger partial charge on any atom is 0.306 e. The van der Waals surface area contributed by atoms with E-state index in [1.165, 1.54) is 167 Å². The summed E-state index contributed by atoms with van der Waals surface area (Å²) < 4.78 is 16.7. The van der Waals surface area contributed by atoms with E-state index in [4.69, 9.17) is 14.2 Å². The Morgan fingerprint density at radius 2 is 0.534 bits per heavy atom. The Labute approximate surface area is 452 Å². The first kappa shape index (κ1) is 69.6. The molecule has 1 unspecified atom stereocenters. The van der Waals surface area contributed by atoms with E-state index in [0.717, 1.165) is 89.9 Å². The van der Waals surface area contributed by atoms with Crippen LogP contribution in [-0.2, 0) is 28.6 Å². The Kier molecular flexibility index (Phi) is 58.3. The van der Waals surface area contributed by atoms with Gasteiger partial charge in [0.25, 0.3) is 0 Å². The molecule has 1 atom stereocenters. The van der Waals surface area contributed by atoms with Gasteiger partial charge in [-0.2, -0.15) is 0 Å². The van der Waals surface area contributed by atoms with Gasteiger partial charge < -0.3 is 14.2 Å². The molecule has 0 amide bonds. The quantitative estimate of drug-likeness (QED) is 0.0261. The minimum Gasteiger partial charge on any atom is -0.462 e. The van der Waals surface area contributed by atoms with Crippen LogP contribution < -0.4 is 0 Å². The normalized spacial score (nSPS) is 12.6. The summed E-state index contributed by atoms with van der Waals surface area (Å²) in [5.74, 6) is -0.958. The third kappa shape index (κ3) is 59.3.